The maximum Gasteiger partial charge on any atom is 0.188 e. The number of aromatic nitrogens is 3. The van der Waals surface area contributed by atoms with Gasteiger partial charge in [-0.1, -0.05) is 16.8 Å². The van der Waals surface area contributed by atoms with E-state index in [-0.39, 0.29) is 5.84 Å². The third kappa shape index (κ3) is 2.21. The molecule has 6 nitrogen and oxygen atoms in total. The van der Waals surface area contributed by atoms with Crippen molar-refractivity contribution in [3.63, 3.8) is 0 Å². The van der Waals surface area contributed by atoms with E-state index >= 15 is 0 Å². The lowest BCUT2D eigenvalue weighted by atomic mass is 10.3. The molecule has 88 valence electrons. The van der Waals surface area contributed by atoms with Crippen molar-refractivity contribution in [3.8, 4) is 5.69 Å². The van der Waals surface area contributed by atoms with Crippen molar-refractivity contribution < 1.29 is 5.21 Å². The van der Waals surface area contributed by atoms with Gasteiger partial charge in [-0.15, -0.1) is 0 Å². The fraction of sp³-hybridized carbons (Fsp3) is 0.100. The molecule has 3 N–H and O–H groups in total. The molecule has 0 saturated carbocycles. The summed E-state index contributed by atoms with van der Waals surface area (Å²) >= 11 is 5.91. The minimum absolute atomic E-state index is 0.0359. The zero-order valence-corrected chi connectivity index (χ0v) is 9.76. The quantitative estimate of drug-likeness (QED) is 0.365. The van der Waals surface area contributed by atoms with E-state index in [9.17, 15) is 0 Å². The molecular weight excluding hydrogens is 242 g/mol. The second kappa shape index (κ2) is 4.42. The fourth-order valence-corrected chi connectivity index (χ4v) is 1.43. The number of pyridine rings is 1. The molecular formula is C10H10ClN5O. The SMILES string of the molecule is Cc1nn(-c2ccc(/C(N)=N/O)nc2)cc1Cl. The molecule has 0 bridgehead atoms. The van der Waals surface area contributed by atoms with E-state index in [0.29, 0.717) is 10.7 Å². The number of rotatable bonds is 2. The van der Waals surface area contributed by atoms with Gasteiger partial charge < -0.3 is 10.9 Å². The molecule has 2 heterocycles. The Morgan fingerprint density at radius 3 is 2.76 bits per heavy atom. The summed E-state index contributed by atoms with van der Waals surface area (Å²) in [6.07, 6.45) is 3.26. The molecule has 0 radical (unpaired) electrons. The van der Waals surface area contributed by atoms with Crippen LogP contribution >= 0.6 is 11.6 Å². The van der Waals surface area contributed by atoms with Gasteiger partial charge in [-0.2, -0.15) is 5.10 Å². The van der Waals surface area contributed by atoms with Gasteiger partial charge in [0.2, 0.25) is 0 Å². The number of halogens is 1. The van der Waals surface area contributed by atoms with Gasteiger partial charge in [0, 0.05) is 6.20 Å². The van der Waals surface area contributed by atoms with Crippen molar-refractivity contribution in [1.82, 2.24) is 14.8 Å². The van der Waals surface area contributed by atoms with Gasteiger partial charge in [-0.05, 0) is 19.1 Å². The molecule has 7 heteroatoms. The molecule has 2 aromatic rings. The molecule has 0 aliphatic carbocycles. The van der Waals surface area contributed by atoms with E-state index in [0.717, 1.165) is 11.4 Å². The van der Waals surface area contributed by atoms with Gasteiger partial charge in [0.1, 0.15) is 5.69 Å². The molecule has 0 unspecified atom stereocenters. The minimum atomic E-state index is -0.0359. The molecule has 0 spiro atoms. The number of hydrogen-bond donors (Lipinski definition) is 2. The van der Waals surface area contributed by atoms with E-state index in [1.807, 2.05) is 6.92 Å². The standard InChI is InChI=1S/C10H10ClN5O/c1-6-8(11)5-16(14-6)7-2-3-9(13-4-7)10(12)15-17/h2-5,17H,1H3,(H2,12,15). The lowest BCUT2D eigenvalue weighted by Gasteiger charge is -2.01. The van der Waals surface area contributed by atoms with Crippen LogP contribution in [0.25, 0.3) is 5.69 Å². The maximum absolute atomic E-state index is 8.50. The Labute approximate surface area is 102 Å². The predicted octanol–water partition coefficient (Wildman–Crippen LogP) is 1.32. The summed E-state index contributed by atoms with van der Waals surface area (Å²) in [6.45, 7) is 1.82. The predicted molar refractivity (Wildman–Crippen MR) is 63.6 cm³/mol. The van der Waals surface area contributed by atoms with Crippen LogP contribution in [-0.4, -0.2) is 25.8 Å². The molecule has 2 aromatic heterocycles. The van der Waals surface area contributed by atoms with Crippen LogP contribution in [0.1, 0.15) is 11.4 Å². The van der Waals surface area contributed by atoms with Crippen LogP contribution in [-0.2, 0) is 0 Å². The highest BCUT2D eigenvalue weighted by Gasteiger charge is 2.05. The molecule has 2 rings (SSSR count). The summed E-state index contributed by atoms with van der Waals surface area (Å²) in [7, 11) is 0. The van der Waals surface area contributed by atoms with E-state index < -0.39 is 0 Å². The van der Waals surface area contributed by atoms with Crippen molar-refractivity contribution in [2.45, 2.75) is 6.92 Å². The number of hydrogen-bond acceptors (Lipinski definition) is 4. The number of aryl methyl sites for hydroxylation is 1. The highest BCUT2D eigenvalue weighted by molar-refractivity contribution is 6.31. The highest BCUT2D eigenvalue weighted by Crippen LogP contribution is 2.15. The van der Waals surface area contributed by atoms with Gasteiger partial charge in [0.05, 0.1) is 22.6 Å². The van der Waals surface area contributed by atoms with Crippen LogP contribution < -0.4 is 5.73 Å². The molecule has 17 heavy (non-hydrogen) atoms. The van der Waals surface area contributed by atoms with Gasteiger partial charge in [0.25, 0.3) is 0 Å². The Bertz CT molecular complexity index is 541. The number of amidine groups is 1. The highest BCUT2D eigenvalue weighted by atomic mass is 35.5. The Balaban J connectivity index is 2.35. The first kappa shape index (κ1) is 11.4. The van der Waals surface area contributed by atoms with Gasteiger partial charge in [0.15, 0.2) is 5.84 Å². The van der Waals surface area contributed by atoms with Crippen molar-refractivity contribution in [2.24, 2.45) is 10.9 Å². The molecule has 0 fully saturated rings. The average Bonchev–Trinajstić information content (AvgIpc) is 2.69. The zero-order valence-electron chi connectivity index (χ0n) is 9.00. The summed E-state index contributed by atoms with van der Waals surface area (Å²) in [6, 6.07) is 3.39. The third-order valence-corrected chi connectivity index (χ3v) is 2.59. The first-order chi connectivity index (χ1) is 8.11. The summed E-state index contributed by atoms with van der Waals surface area (Å²) in [4.78, 5) is 4.05. The van der Waals surface area contributed by atoms with Crippen molar-refractivity contribution in [1.29, 1.82) is 0 Å². The van der Waals surface area contributed by atoms with E-state index in [2.05, 4.69) is 15.2 Å². The Morgan fingerprint density at radius 1 is 1.53 bits per heavy atom. The first-order valence-corrected chi connectivity index (χ1v) is 5.15. The lowest BCUT2D eigenvalue weighted by Crippen LogP contribution is -2.15. The van der Waals surface area contributed by atoms with Crippen LogP contribution in [0.5, 0.6) is 0 Å². The number of oxime groups is 1. The van der Waals surface area contributed by atoms with E-state index in [1.165, 1.54) is 0 Å². The summed E-state index contributed by atoms with van der Waals surface area (Å²) in [5.74, 6) is -0.0359. The molecule has 0 amide bonds. The third-order valence-electron chi connectivity index (χ3n) is 2.22. The van der Waals surface area contributed by atoms with Crippen LogP contribution in [0.3, 0.4) is 0 Å². The van der Waals surface area contributed by atoms with Crippen LogP contribution in [0, 0.1) is 6.92 Å². The molecule has 0 aliphatic rings. The molecule has 0 aromatic carbocycles. The van der Waals surface area contributed by atoms with Gasteiger partial charge >= 0.3 is 0 Å². The van der Waals surface area contributed by atoms with Gasteiger partial charge in [-0.25, -0.2) is 4.68 Å². The van der Waals surface area contributed by atoms with E-state index in [1.54, 1.807) is 29.2 Å². The Hall–Kier alpha value is -2.08. The summed E-state index contributed by atoms with van der Waals surface area (Å²) in [5, 5.41) is 16.2. The topological polar surface area (TPSA) is 89.3 Å². The van der Waals surface area contributed by atoms with Gasteiger partial charge in [-0.3, -0.25) is 4.98 Å². The Morgan fingerprint density at radius 2 is 2.29 bits per heavy atom. The smallest absolute Gasteiger partial charge is 0.188 e. The largest absolute Gasteiger partial charge is 0.409 e. The number of nitrogens with two attached hydrogens (primary N) is 1. The fourth-order valence-electron chi connectivity index (χ4n) is 1.30. The maximum atomic E-state index is 8.50. The lowest BCUT2D eigenvalue weighted by molar-refractivity contribution is 0.318. The summed E-state index contributed by atoms with van der Waals surface area (Å²) in [5.41, 5.74) is 7.29. The van der Waals surface area contributed by atoms with Crippen molar-refractivity contribution in [3.05, 3.63) is 40.9 Å². The van der Waals surface area contributed by atoms with E-state index in [4.69, 9.17) is 22.5 Å². The van der Waals surface area contributed by atoms with Crippen LogP contribution in [0.2, 0.25) is 5.02 Å². The zero-order chi connectivity index (χ0) is 12.4. The van der Waals surface area contributed by atoms with Crippen molar-refractivity contribution >= 4 is 17.4 Å². The van der Waals surface area contributed by atoms with Crippen molar-refractivity contribution in [2.75, 3.05) is 0 Å². The minimum Gasteiger partial charge on any atom is -0.409 e. The number of nitrogens with zero attached hydrogens (tertiary/aromatic N) is 4. The van der Waals surface area contributed by atoms with Crippen LogP contribution in [0.4, 0.5) is 0 Å². The molecule has 0 saturated heterocycles. The second-order valence-electron chi connectivity index (χ2n) is 3.39. The monoisotopic (exact) mass is 251 g/mol. The van der Waals surface area contributed by atoms with Crippen LogP contribution in [0.15, 0.2) is 29.7 Å². The average molecular weight is 252 g/mol. The molecule has 0 aliphatic heterocycles. The normalized spacial score (nSPS) is 11.8. The first-order valence-electron chi connectivity index (χ1n) is 4.78. The molecule has 0 atom stereocenters. The Kier molecular flexibility index (Phi) is 2.97. The second-order valence-corrected chi connectivity index (χ2v) is 3.80. The summed E-state index contributed by atoms with van der Waals surface area (Å²) < 4.78 is 1.61.